The second-order valence-corrected chi connectivity index (χ2v) is 14.8. The van der Waals surface area contributed by atoms with Gasteiger partial charge in [0.1, 0.15) is 23.3 Å². The Hall–Kier alpha value is -3.55. The highest BCUT2D eigenvalue weighted by Crippen LogP contribution is 2.43. The maximum absolute atomic E-state index is 14.5. The van der Waals surface area contributed by atoms with E-state index in [0.29, 0.717) is 16.5 Å². The van der Waals surface area contributed by atoms with Crippen molar-refractivity contribution in [3.63, 3.8) is 0 Å². The highest BCUT2D eigenvalue weighted by atomic mass is 19.4. The molecule has 0 fully saturated rings. The molecule has 3 rings (SSSR count). The van der Waals surface area contributed by atoms with Gasteiger partial charge in [0.2, 0.25) is 0 Å². The Bertz CT molecular complexity index is 1500. The summed E-state index contributed by atoms with van der Waals surface area (Å²) in [6.45, 7) is 10.6. The lowest BCUT2D eigenvalue weighted by molar-refractivity contribution is -0.958. The van der Waals surface area contributed by atoms with Gasteiger partial charge < -0.3 is 18.4 Å². The number of nitrogens with zero attached hydrogens (tertiary/aromatic N) is 1. The van der Waals surface area contributed by atoms with E-state index in [9.17, 15) is 39.5 Å². The normalized spacial score (nSPS) is 13.1. The number of hydrogen-bond acceptors (Lipinski definition) is 3. The lowest BCUT2D eigenvalue weighted by Gasteiger charge is -2.46. The second kappa shape index (κ2) is 22.6. The summed E-state index contributed by atoms with van der Waals surface area (Å²) in [5.41, 5.74) is -2.46. The average Bonchev–Trinajstić information content (AvgIpc) is 3.15. The van der Waals surface area contributed by atoms with Crippen LogP contribution in [0, 0.1) is 0 Å². The molecule has 0 spiro atoms. The summed E-state index contributed by atoms with van der Waals surface area (Å²) in [5.74, 6) is -0.245. The first-order chi connectivity index (χ1) is 27.0. The molecule has 3 aromatic rings. The highest BCUT2D eigenvalue weighted by Gasteiger charge is 2.42. The Labute approximate surface area is 332 Å². The predicted octanol–water partition coefficient (Wildman–Crippen LogP) is 14.7. The van der Waals surface area contributed by atoms with E-state index in [0.717, 1.165) is 164 Å². The fraction of sp³-hybridized carbons (Fsp3) is 0.581. The van der Waals surface area contributed by atoms with Gasteiger partial charge in [0, 0.05) is 6.42 Å². The van der Waals surface area contributed by atoms with Gasteiger partial charge in [-0.15, -0.1) is 0 Å². The molecule has 4 nitrogen and oxygen atoms in total. The number of unbranched alkanes of at least 4 members (excludes halogenated alkanes) is 9. The zero-order valence-electron chi connectivity index (χ0n) is 33.6. The minimum Gasteiger partial charge on any atom is -0.490 e. The first-order valence-electron chi connectivity index (χ1n) is 20.4. The molecular formula is C43H58BF9NO3+. The van der Waals surface area contributed by atoms with Gasteiger partial charge in [0.15, 0.2) is 0 Å². The molecule has 0 aliphatic heterocycles. The van der Waals surface area contributed by atoms with Crippen molar-refractivity contribution in [2.75, 3.05) is 19.6 Å². The van der Waals surface area contributed by atoms with E-state index in [1.165, 1.54) is 6.07 Å². The van der Waals surface area contributed by atoms with E-state index < -0.39 is 48.6 Å². The molecule has 57 heavy (non-hydrogen) atoms. The topological polar surface area (TPSA) is 27.7 Å². The molecule has 0 N–H and O–H groups in total. The van der Waals surface area contributed by atoms with Crippen molar-refractivity contribution in [1.29, 1.82) is 0 Å². The minimum atomic E-state index is -4.68. The van der Waals surface area contributed by atoms with Crippen LogP contribution in [-0.2, 0) is 18.5 Å². The largest absolute Gasteiger partial charge is 0.864 e. The van der Waals surface area contributed by atoms with Gasteiger partial charge in [-0.2, -0.15) is 39.5 Å². The summed E-state index contributed by atoms with van der Waals surface area (Å²) in [7, 11) is -1.82. The standard InChI is InChI=1S/C43H58BF9NO3/c1-5-9-13-14-15-16-17-18-39(54(29-10-6-2,30-11-7-3)31-12-8-4)38-32-35(43(51,52)53)23-28-40(38)57-44(55-36-24-19-33(20-25-36)41(45,46)47)56-37-26-21-34(22-27-37)42(48,49)50/h19-28,32,39H,5-18,29-31H2,1-4H3/q+1. The van der Waals surface area contributed by atoms with Crippen molar-refractivity contribution >= 4 is 7.32 Å². The van der Waals surface area contributed by atoms with Crippen LogP contribution in [0.4, 0.5) is 39.5 Å². The summed E-state index contributed by atoms with van der Waals surface area (Å²) in [4.78, 5) is 0. The Kier molecular flexibility index (Phi) is 18.9. The zero-order chi connectivity index (χ0) is 42.1. The van der Waals surface area contributed by atoms with Crippen LogP contribution in [0.3, 0.4) is 0 Å². The molecule has 0 saturated heterocycles. The van der Waals surface area contributed by atoms with Crippen molar-refractivity contribution in [3.05, 3.63) is 89.0 Å². The Morgan fingerprint density at radius 1 is 0.474 bits per heavy atom. The third kappa shape index (κ3) is 15.3. The summed E-state index contributed by atoms with van der Waals surface area (Å²) in [6.07, 6.45) is -1.04. The summed E-state index contributed by atoms with van der Waals surface area (Å²) < 4.78 is 142. The molecule has 0 aliphatic rings. The molecule has 1 unspecified atom stereocenters. The molecule has 0 radical (unpaired) electrons. The molecule has 14 heteroatoms. The van der Waals surface area contributed by atoms with Crippen LogP contribution in [0.1, 0.15) is 146 Å². The van der Waals surface area contributed by atoms with Gasteiger partial charge in [0.05, 0.1) is 41.9 Å². The number of quaternary nitrogens is 1. The number of alkyl halides is 9. The third-order valence-electron chi connectivity index (χ3n) is 10.4. The van der Waals surface area contributed by atoms with Gasteiger partial charge in [0.25, 0.3) is 0 Å². The average molecular weight is 819 g/mol. The van der Waals surface area contributed by atoms with Gasteiger partial charge in [-0.25, -0.2) is 0 Å². The Morgan fingerprint density at radius 3 is 1.26 bits per heavy atom. The highest BCUT2D eigenvalue weighted by molar-refractivity contribution is 6.39. The van der Waals surface area contributed by atoms with Crippen LogP contribution in [-0.4, -0.2) is 31.4 Å². The molecule has 0 aromatic heterocycles. The second-order valence-electron chi connectivity index (χ2n) is 14.8. The first-order valence-corrected chi connectivity index (χ1v) is 20.4. The molecule has 318 valence electrons. The maximum atomic E-state index is 14.5. The van der Waals surface area contributed by atoms with Crippen LogP contribution >= 0.6 is 0 Å². The first kappa shape index (κ1) is 47.8. The molecular weight excluding hydrogens is 760 g/mol. The lowest BCUT2D eigenvalue weighted by atomic mass is 9.91. The molecule has 0 aliphatic carbocycles. The number of benzene rings is 3. The van der Waals surface area contributed by atoms with Crippen LogP contribution in [0.25, 0.3) is 0 Å². The lowest BCUT2D eigenvalue weighted by Crippen LogP contribution is -2.53. The third-order valence-corrected chi connectivity index (χ3v) is 10.4. The number of hydrogen-bond donors (Lipinski definition) is 0. The van der Waals surface area contributed by atoms with E-state index in [2.05, 4.69) is 27.7 Å². The summed E-state index contributed by atoms with van der Waals surface area (Å²) >= 11 is 0. The van der Waals surface area contributed by atoms with Gasteiger partial charge in [-0.1, -0.05) is 85.5 Å². The van der Waals surface area contributed by atoms with Gasteiger partial charge in [-0.05, 0) is 92.4 Å². The Balaban J connectivity index is 2.20. The van der Waals surface area contributed by atoms with Gasteiger partial charge in [-0.3, -0.25) is 0 Å². The molecule has 0 amide bonds. The summed E-state index contributed by atoms with van der Waals surface area (Å²) in [5, 5.41) is 0. The zero-order valence-corrected chi connectivity index (χ0v) is 33.6. The maximum Gasteiger partial charge on any atom is 0.864 e. The van der Waals surface area contributed by atoms with Gasteiger partial charge >= 0.3 is 25.9 Å². The van der Waals surface area contributed by atoms with E-state index in [1.54, 1.807) is 0 Å². The van der Waals surface area contributed by atoms with Crippen LogP contribution < -0.4 is 14.0 Å². The van der Waals surface area contributed by atoms with Crippen molar-refractivity contribution < 1.29 is 58.0 Å². The van der Waals surface area contributed by atoms with E-state index >= 15 is 0 Å². The van der Waals surface area contributed by atoms with Crippen LogP contribution in [0.5, 0.6) is 17.2 Å². The quantitative estimate of drug-likeness (QED) is 0.0369. The van der Waals surface area contributed by atoms with Crippen LogP contribution in [0.15, 0.2) is 66.7 Å². The van der Waals surface area contributed by atoms with Crippen LogP contribution in [0.2, 0.25) is 0 Å². The fourth-order valence-corrected chi connectivity index (χ4v) is 7.18. The number of rotatable bonds is 25. The van der Waals surface area contributed by atoms with Crippen molar-refractivity contribution in [2.24, 2.45) is 0 Å². The smallest absolute Gasteiger partial charge is 0.490 e. The van der Waals surface area contributed by atoms with E-state index in [-0.39, 0.29) is 17.2 Å². The fourth-order valence-electron chi connectivity index (χ4n) is 7.18. The predicted molar refractivity (Wildman–Crippen MR) is 207 cm³/mol. The SMILES string of the molecule is CCCCCCCCCC(c1cc(C(F)(F)F)ccc1OB(Oc1ccc(C(F)(F)F)cc1)Oc1ccc(C(F)(F)F)cc1)[N+](CCCC)(CCCC)CCCC. The summed E-state index contributed by atoms with van der Waals surface area (Å²) in [6, 6.07) is 10.1. The van der Waals surface area contributed by atoms with Crippen molar-refractivity contribution in [2.45, 2.75) is 142 Å². The molecule has 3 aromatic carbocycles. The molecule has 0 heterocycles. The van der Waals surface area contributed by atoms with Crippen molar-refractivity contribution in [1.82, 2.24) is 0 Å². The molecule has 0 saturated carbocycles. The Morgan fingerprint density at radius 2 is 0.860 bits per heavy atom. The van der Waals surface area contributed by atoms with Crippen molar-refractivity contribution in [3.8, 4) is 17.2 Å². The molecule has 0 bridgehead atoms. The monoisotopic (exact) mass is 818 g/mol. The minimum absolute atomic E-state index is 0.0202. The van der Waals surface area contributed by atoms with E-state index in [1.807, 2.05) is 0 Å². The van der Waals surface area contributed by atoms with E-state index in [4.69, 9.17) is 14.0 Å². The number of halogens is 9. The molecule has 1 atom stereocenters.